The van der Waals surface area contributed by atoms with Gasteiger partial charge in [-0.3, -0.25) is 14.4 Å². The molecule has 0 heterocycles. The monoisotopic (exact) mass is 395 g/mol. The number of nitrogens with one attached hydrogen (secondary N) is 1. The molecule has 0 saturated carbocycles. The minimum Gasteiger partial charge on any atom is -0.481 e. The number of benzene rings is 2. The van der Waals surface area contributed by atoms with Crippen LogP contribution in [0, 0.1) is 0 Å². The van der Waals surface area contributed by atoms with Crippen molar-refractivity contribution in [3.8, 4) is 11.1 Å². The second kappa shape index (κ2) is 9.37. The molecule has 6 heteroatoms. The van der Waals surface area contributed by atoms with E-state index in [2.05, 4.69) is 5.32 Å². The van der Waals surface area contributed by atoms with Crippen molar-refractivity contribution in [1.29, 1.82) is 0 Å². The van der Waals surface area contributed by atoms with Gasteiger partial charge in [-0.05, 0) is 42.0 Å². The standard InChI is InChI=1S/C23H25NO5/c1-2-29-23(28)20-14-18(24-21(25)10-11-22(26)27)12-17-9-8-16(13-19(17)20)15-6-4-3-5-7-15/h3-9,13,18,20H,2,10-12,14H2,1H3,(H,24,25)(H,26,27)/t18-,20+/m1/s1. The topological polar surface area (TPSA) is 92.7 Å². The van der Waals surface area contributed by atoms with Crippen LogP contribution in [0.3, 0.4) is 0 Å². The quantitative estimate of drug-likeness (QED) is 0.702. The Morgan fingerprint density at radius 3 is 2.52 bits per heavy atom. The fraction of sp³-hybridized carbons (Fsp3) is 0.348. The molecule has 2 N–H and O–H groups in total. The molecule has 152 valence electrons. The Morgan fingerprint density at radius 1 is 1.07 bits per heavy atom. The van der Waals surface area contributed by atoms with Crippen LogP contribution in [0.25, 0.3) is 11.1 Å². The molecular weight excluding hydrogens is 370 g/mol. The number of ether oxygens (including phenoxy) is 1. The summed E-state index contributed by atoms with van der Waals surface area (Å²) in [6.45, 7) is 2.06. The maximum Gasteiger partial charge on any atom is 0.313 e. The number of fused-ring (bicyclic) bond motifs is 1. The SMILES string of the molecule is CCOC(=O)[C@H]1C[C@H](NC(=O)CCC(=O)O)Cc2ccc(-c3ccccc3)cc21. The normalized spacial score (nSPS) is 17.8. The van der Waals surface area contributed by atoms with Crippen LogP contribution < -0.4 is 5.32 Å². The molecule has 1 aliphatic rings. The van der Waals surface area contributed by atoms with E-state index in [1.807, 2.05) is 48.5 Å². The third-order valence-electron chi connectivity index (χ3n) is 5.12. The predicted octanol–water partition coefficient (Wildman–Crippen LogP) is 3.30. The minimum atomic E-state index is -1.01. The summed E-state index contributed by atoms with van der Waals surface area (Å²) in [6.07, 6.45) is 0.745. The predicted molar refractivity (Wildman–Crippen MR) is 108 cm³/mol. The van der Waals surface area contributed by atoms with Crippen LogP contribution in [-0.4, -0.2) is 35.6 Å². The van der Waals surface area contributed by atoms with Crippen LogP contribution in [0.1, 0.15) is 43.2 Å². The summed E-state index contributed by atoms with van der Waals surface area (Å²) < 4.78 is 5.29. The van der Waals surface area contributed by atoms with Crippen molar-refractivity contribution < 1.29 is 24.2 Å². The van der Waals surface area contributed by atoms with Gasteiger partial charge in [-0.1, -0.05) is 48.5 Å². The second-order valence-electron chi connectivity index (χ2n) is 7.18. The molecular formula is C23H25NO5. The Morgan fingerprint density at radius 2 is 1.83 bits per heavy atom. The largest absolute Gasteiger partial charge is 0.481 e. The summed E-state index contributed by atoms with van der Waals surface area (Å²) in [5, 5.41) is 11.6. The first-order chi connectivity index (χ1) is 14.0. The van der Waals surface area contributed by atoms with Crippen LogP contribution in [0.4, 0.5) is 0 Å². The summed E-state index contributed by atoms with van der Waals surface area (Å²) in [5.74, 6) is -2.09. The van der Waals surface area contributed by atoms with Gasteiger partial charge >= 0.3 is 11.9 Å². The molecule has 0 radical (unpaired) electrons. The van der Waals surface area contributed by atoms with Gasteiger partial charge in [0.15, 0.2) is 0 Å². The Labute approximate surface area is 169 Å². The third kappa shape index (κ3) is 5.22. The lowest BCUT2D eigenvalue weighted by Crippen LogP contribution is -2.41. The molecule has 2 aromatic rings. The second-order valence-corrected chi connectivity index (χ2v) is 7.18. The van der Waals surface area contributed by atoms with E-state index in [4.69, 9.17) is 9.84 Å². The Kier molecular flexibility index (Phi) is 6.65. The Hall–Kier alpha value is -3.15. The van der Waals surface area contributed by atoms with Gasteiger partial charge in [-0.15, -0.1) is 0 Å². The molecule has 0 fully saturated rings. The van der Waals surface area contributed by atoms with Crippen molar-refractivity contribution in [3.05, 3.63) is 59.7 Å². The summed E-state index contributed by atoms with van der Waals surface area (Å²) in [4.78, 5) is 35.4. The highest BCUT2D eigenvalue weighted by Crippen LogP contribution is 2.35. The Balaban J connectivity index is 1.85. The maximum atomic E-state index is 12.6. The van der Waals surface area contributed by atoms with Gasteiger partial charge in [0.2, 0.25) is 5.91 Å². The summed E-state index contributed by atoms with van der Waals surface area (Å²) in [5.41, 5.74) is 4.03. The first-order valence-corrected chi connectivity index (χ1v) is 9.84. The van der Waals surface area contributed by atoms with E-state index in [1.54, 1.807) is 6.92 Å². The van der Waals surface area contributed by atoms with Crippen molar-refractivity contribution in [2.24, 2.45) is 0 Å². The highest BCUT2D eigenvalue weighted by molar-refractivity contribution is 5.82. The third-order valence-corrected chi connectivity index (χ3v) is 5.12. The number of esters is 1. The van der Waals surface area contributed by atoms with Crippen molar-refractivity contribution in [1.82, 2.24) is 5.32 Å². The first-order valence-electron chi connectivity index (χ1n) is 9.84. The van der Waals surface area contributed by atoms with Crippen molar-refractivity contribution >= 4 is 17.8 Å². The Bertz CT molecular complexity index is 893. The van der Waals surface area contributed by atoms with Crippen LogP contribution in [0.2, 0.25) is 0 Å². The molecule has 0 aromatic heterocycles. The van der Waals surface area contributed by atoms with Gasteiger partial charge in [0.1, 0.15) is 0 Å². The number of rotatable bonds is 7. The molecule has 2 atom stereocenters. The molecule has 6 nitrogen and oxygen atoms in total. The number of carboxylic acid groups (broad SMARTS) is 1. The molecule has 0 bridgehead atoms. The van der Waals surface area contributed by atoms with E-state index in [1.165, 1.54) is 0 Å². The fourth-order valence-electron chi connectivity index (χ4n) is 3.77. The smallest absolute Gasteiger partial charge is 0.313 e. The van der Waals surface area contributed by atoms with Gasteiger partial charge < -0.3 is 15.2 Å². The molecule has 0 spiro atoms. The molecule has 3 rings (SSSR count). The molecule has 1 amide bonds. The lowest BCUT2D eigenvalue weighted by atomic mass is 9.79. The lowest BCUT2D eigenvalue weighted by molar-refractivity contribution is -0.145. The van der Waals surface area contributed by atoms with E-state index < -0.39 is 11.9 Å². The average molecular weight is 395 g/mol. The van der Waals surface area contributed by atoms with Gasteiger partial charge in [0.25, 0.3) is 0 Å². The zero-order valence-electron chi connectivity index (χ0n) is 16.4. The number of aliphatic carboxylic acids is 1. The van der Waals surface area contributed by atoms with Crippen molar-refractivity contribution in [2.45, 2.75) is 44.6 Å². The first kappa shape index (κ1) is 20.6. The van der Waals surface area contributed by atoms with E-state index in [0.29, 0.717) is 19.4 Å². The van der Waals surface area contributed by atoms with Crippen LogP contribution in [0.5, 0.6) is 0 Å². The van der Waals surface area contributed by atoms with E-state index >= 15 is 0 Å². The average Bonchev–Trinajstić information content (AvgIpc) is 2.72. The molecule has 0 saturated heterocycles. The highest BCUT2D eigenvalue weighted by atomic mass is 16.5. The number of hydrogen-bond acceptors (Lipinski definition) is 4. The number of carboxylic acids is 1. The number of amides is 1. The van der Waals surface area contributed by atoms with Crippen LogP contribution in [-0.2, 0) is 25.5 Å². The van der Waals surface area contributed by atoms with Gasteiger partial charge in [0, 0.05) is 12.5 Å². The number of carbonyl (C=O) groups is 3. The van der Waals surface area contributed by atoms with Crippen molar-refractivity contribution in [2.75, 3.05) is 6.61 Å². The summed E-state index contributed by atoms with van der Waals surface area (Å²) in [6, 6.07) is 15.8. The van der Waals surface area contributed by atoms with Gasteiger partial charge in [-0.25, -0.2) is 0 Å². The number of hydrogen-bond donors (Lipinski definition) is 2. The zero-order valence-corrected chi connectivity index (χ0v) is 16.4. The molecule has 2 aromatic carbocycles. The van der Waals surface area contributed by atoms with Gasteiger partial charge in [-0.2, -0.15) is 0 Å². The maximum absolute atomic E-state index is 12.6. The van der Waals surface area contributed by atoms with Crippen LogP contribution in [0.15, 0.2) is 48.5 Å². The van der Waals surface area contributed by atoms with E-state index in [-0.39, 0.29) is 30.8 Å². The summed E-state index contributed by atoms with van der Waals surface area (Å²) >= 11 is 0. The number of carbonyl (C=O) groups excluding carboxylic acids is 2. The zero-order chi connectivity index (χ0) is 20.8. The molecule has 0 aliphatic heterocycles. The summed E-state index contributed by atoms with van der Waals surface area (Å²) in [7, 11) is 0. The van der Waals surface area contributed by atoms with E-state index in [9.17, 15) is 14.4 Å². The van der Waals surface area contributed by atoms with E-state index in [0.717, 1.165) is 22.3 Å². The molecule has 29 heavy (non-hydrogen) atoms. The minimum absolute atomic E-state index is 0.0737. The molecule has 1 aliphatic carbocycles. The fourth-order valence-corrected chi connectivity index (χ4v) is 3.77. The molecule has 0 unspecified atom stereocenters. The van der Waals surface area contributed by atoms with Crippen molar-refractivity contribution in [3.63, 3.8) is 0 Å². The van der Waals surface area contributed by atoms with Gasteiger partial charge in [0.05, 0.1) is 18.9 Å². The lowest BCUT2D eigenvalue weighted by Gasteiger charge is -2.31. The highest BCUT2D eigenvalue weighted by Gasteiger charge is 2.33. The van der Waals surface area contributed by atoms with Crippen LogP contribution >= 0.6 is 0 Å².